The molecule has 1 rings (SSSR count). The Labute approximate surface area is 101 Å². The molecule has 3 N–H and O–H groups in total. The molecule has 0 aliphatic heterocycles. The average Bonchev–Trinajstić information content (AvgIpc) is 2.35. The predicted molar refractivity (Wildman–Crippen MR) is 67.1 cm³/mol. The molecule has 94 valence electrons. The zero-order chi connectivity index (χ0) is 12.7. The van der Waals surface area contributed by atoms with E-state index < -0.39 is 0 Å². The summed E-state index contributed by atoms with van der Waals surface area (Å²) >= 11 is 0. The van der Waals surface area contributed by atoms with Gasteiger partial charge in [-0.3, -0.25) is 4.79 Å². The van der Waals surface area contributed by atoms with Crippen LogP contribution < -0.4 is 15.8 Å². The Bertz CT molecular complexity index is 380. The fourth-order valence-corrected chi connectivity index (χ4v) is 1.39. The number of carbonyl (C=O) groups is 1. The Morgan fingerprint density at radius 1 is 1.41 bits per heavy atom. The van der Waals surface area contributed by atoms with Crippen LogP contribution in [0.4, 0.5) is 11.4 Å². The van der Waals surface area contributed by atoms with Crippen molar-refractivity contribution in [3.63, 3.8) is 0 Å². The van der Waals surface area contributed by atoms with E-state index in [0.29, 0.717) is 25.1 Å². The third-order valence-corrected chi connectivity index (χ3v) is 2.36. The lowest BCUT2D eigenvalue weighted by atomic mass is 10.2. The number of esters is 1. The van der Waals surface area contributed by atoms with E-state index in [9.17, 15) is 4.79 Å². The summed E-state index contributed by atoms with van der Waals surface area (Å²) < 4.78 is 9.60. The van der Waals surface area contributed by atoms with E-state index in [1.165, 1.54) is 7.11 Å². The minimum Gasteiger partial charge on any atom is -0.497 e. The molecule has 0 heterocycles. The van der Waals surface area contributed by atoms with Crippen molar-refractivity contribution >= 4 is 17.3 Å². The maximum atomic E-state index is 10.9. The number of ether oxygens (including phenoxy) is 2. The van der Waals surface area contributed by atoms with Crippen LogP contribution in [0.1, 0.15) is 12.8 Å². The van der Waals surface area contributed by atoms with Gasteiger partial charge in [0.2, 0.25) is 0 Å². The number of benzene rings is 1. The van der Waals surface area contributed by atoms with Crippen LogP contribution in [0.5, 0.6) is 5.75 Å². The lowest BCUT2D eigenvalue weighted by Gasteiger charge is -2.10. The van der Waals surface area contributed by atoms with E-state index in [2.05, 4.69) is 10.1 Å². The van der Waals surface area contributed by atoms with Crippen molar-refractivity contribution in [1.82, 2.24) is 0 Å². The maximum Gasteiger partial charge on any atom is 0.305 e. The highest BCUT2D eigenvalue weighted by Crippen LogP contribution is 2.23. The molecule has 0 fully saturated rings. The molecule has 0 aliphatic carbocycles. The normalized spacial score (nSPS) is 9.76. The second kappa shape index (κ2) is 6.62. The van der Waals surface area contributed by atoms with Crippen molar-refractivity contribution in [3.8, 4) is 5.75 Å². The van der Waals surface area contributed by atoms with Gasteiger partial charge in [-0.1, -0.05) is 0 Å². The smallest absolute Gasteiger partial charge is 0.305 e. The highest BCUT2D eigenvalue weighted by atomic mass is 16.5. The molecule has 0 spiro atoms. The van der Waals surface area contributed by atoms with Gasteiger partial charge in [-0.05, 0) is 18.6 Å². The van der Waals surface area contributed by atoms with Crippen molar-refractivity contribution in [2.75, 3.05) is 31.8 Å². The number of methoxy groups -OCH3 is 2. The topological polar surface area (TPSA) is 73.6 Å². The summed E-state index contributed by atoms with van der Waals surface area (Å²) in [5, 5.41) is 3.16. The fourth-order valence-electron chi connectivity index (χ4n) is 1.39. The zero-order valence-electron chi connectivity index (χ0n) is 10.2. The van der Waals surface area contributed by atoms with Crippen LogP contribution in [-0.2, 0) is 9.53 Å². The van der Waals surface area contributed by atoms with Gasteiger partial charge in [-0.25, -0.2) is 0 Å². The van der Waals surface area contributed by atoms with Crippen LogP contribution in [0.2, 0.25) is 0 Å². The van der Waals surface area contributed by atoms with Crippen molar-refractivity contribution in [1.29, 1.82) is 0 Å². The average molecular weight is 238 g/mol. The summed E-state index contributed by atoms with van der Waals surface area (Å²) in [6.45, 7) is 0.672. The van der Waals surface area contributed by atoms with Gasteiger partial charge in [0.25, 0.3) is 0 Å². The Hall–Kier alpha value is -1.91. The summed E-state index contributed by atoms with van der Waals surface area (Å²) in [6, 6.07) is 5.44. The van der Waals surface area contributed by atoms with Crippen LogP contribution in [0.25, 0.3) is 0 Å². The molecule has 5 nitrogen and oxygen atoms in total. The Balaban J connectivity index is 2.39. The maximum absolute atomic E-state index is 10.9. The molecule has 0 radical (unpaired) electrons. The molecule has 0 atom stereocenters. The Morgan fingerprint density at radius 3 is 2.76 bits per heavy atom. The van der Waals surface area contributed by atoms with Gasteiger partial charge in [0.1, 0.15) is 5.75 Å². The van der Waals surface area contributed by atoms with Crippen LogP contribution in [0, 0.1) is 0 Å². The molecule has 0 unspecified atom stereocenters. The van der Waals surface area contributed by atoms with E-state index >= 15 is 0 Å². The van der Waals surface area contributed by atoms with Crippen molar-refractivity contribution in [3.05, 3.63) is 18.2 Å². The number of nitrogen functional groups attached to an aromatic ring is 1. The first-order valence-corrected chi connectivity index (χ1v) is 5.41. The SMILES string of the molecule is COC(=O)CCCNc1ccc(OC)cc1N. The first-order chi connectivity index (χ1) is 8.17. The number of hydrogen-bond donors (Lipinski definition) is 2. The number of anilines is 2. The summed E-state index contributed by atoms with van der Waals surface area (Å²) in [7, 11) is 2.98. The van der Waals surface area contributed by atoms with E-state index in [1.807, 2.05) is 12.1 Å². The van der Waals surface area contributed by atoms with Gasteiger partial charge in [0.15, 0.2) is 0 Å². The largest absolute Gasteiger partial charge is 0.497 e. The van der Waals surface area contributed by atoms with Gasteiger partial charge >= 0.3 is 5.97 Å². The first kappa shape index (κ1) is 13.2. The van der Waals surface area contributed by atoms with Gasteiger partial charge in [-0.15, -0.1) is 0 Å². The molecule has 0 saturated heterocycles. The fraction of sp³-hybridized carbons (Fsp3) is 0.417. The molecule has 17 heavy (non-hydrogen) atoms. The standard InChI is InChI=1S/C12H18N2O3/c1-16-9-5-6-11(10(13)8-9)14-7-3-4-12(15)17-2/h5-6,8,14H,3-4,7,13H2,1-2H3. The second-order valence-electron chi connectivity index (χ2n) is 3.56. The van der Waals surface area contributed by atoms with E-state index in [-0.39, 0.29) is 5.97 Å². The van der Waals surface area contributed by atoms with Gasteiger partial charge in [0, 0.05) is 19.0 Å². The molecule has 1 aromatic carbocycles. The highest BCUT2D eigenvalue weighted by molar-refractivity contribution is 5.70. The highest BCUT2D eigenvalue weighted by Gasteiger charge is 2.02. The van der Waals surface area contributed by atoms with Crippen LogP contribution in [0.3, 0.4) is 0 Å². The Morgan fingerprint density at radius 2 is 2.18 bits per heavy atom. The van der Waals surface area contributed by atoms with Crippen molar-refractivity contribution < 1.29 is 14.3 Å². The molecule has 5 heteroatoms. The monoisotopic (exact) mass is 238 g/mol. The lowest BCUT2D eigenvalue weighted by molar-refractivity contribution is -0.140. The minimum atomic E-state index is -0.200. The van der Waals surface area contributed by atoms with E-state index in [0.717, 1.165) is 11.4 Å². The number of nitrogens with one attached hydrogen (secondary N) is 1. The minimum absolute atomic E-state index is 0.200. The van der Waals surface area contributed by atoms with E-state index in [4.69, 9.17) is 10.5 Å². The Kier molecular flexibility index (Phi) is 5.13. The molecule has 0 amide bonds. The van der Waals surface area contributed by atoms with Crippen LogP contribution in [-0.4, -0.2) is 26.7 Å². The molecular weight excluding hydrogens is 220 g/mol. The third kappa shape index (κ3) is 4.22. The van der Waals surface area contributed by atoms with Crippen molar-refractivity contribution in [2.45, 2.75) is 12.8 Å². The summed E-state index contributed by atoms with van der Waals surface area (Å²) in [5.74, 6) is 0.525. The van der Waals surface area contributed by atoms with E-state index in [1.54, 1.807) is 13.2 Å². The van der Waals surface area contributed by atoms with Gasteiger partial charge < -0.3 is 20.5 Å². The predicted octanol–water partition coefficient (Wildman–Crippen LogP) is 1.64. The summed E-state index contributed by atoms with van der Waals surface area (Å²) in [4.78, 5) is 10.9. The molecule has 0 bridgehead atoms. The second-order valence-corrected chi connectivity index (χ2v) is 3.56. The van der Waals surface area contributed by atoms with Crippen LogP contribution in [0.15, 0.2) is 18.2 Å². The van der Waals surface area contributed by atoms with Crippen LogP contribution >= 0.6 is 0 Å². The number of nitrogens with two attached hydrogens (primary N) is 1. The molecule has 1 aromatic rings. The zero-order valence-corrected chi connectivity index (χ0v) is 10.2. The number of carbonyl (C=O) groups excluding carboxylic acids is 1. The molecular formula is C12H18N2O3. The van der Waals surface area contributed by atoms with Crippen molar-refractivity contribution in [2.24, 2.45) is 0 Å². The summed E-state index contributed by atoms with van der Waals surface area (Å²) in [6.07, 6.45) is 1.11. The summed E-state index contributed by atoms with van der Waals surface area (Å²) in [5.41, 5.74) is 7.30. The molecule has 0 aromatic heterocycles. The quantitative estimate of drug-likeness (QED) is 0.448. The van der Waals surface area contributed by atoms with Gasteiger partial charge in [-0.2, -0.15) is 0 Å². The number of hydrogen-bond acceptors (Lipinski definition) is 5. The third-order valence-electron chi connectivity index (χ3n) is 2.36. The number of rotatable bonds is 6. The molecule has 0 saturated carbocycles. The van der Waals surface area contributed by atoms with Gasteiger partial charge in [0.05, 0.1) is 25.6 Å². The lowest BCUT2D eigenvalue weighted by Crippen LogP contribution is -2.07. The first-order valence-electron chi connectivity index (χ1n) is 5.41. The molecule has 0 aliphatic rings.